The van der Waals surface area contributed by atoms with Gasteiger partial charge < -0.3 is 28.4 Å². The van der Waals surface area contributed by atoms with Crippen LogP contribution in [0.5, 0.6) is 11.5 Å². The molecule has 0 atom stereocenters. The number of hydrogen-bond donors (Lipinski definition) is 0. The molecule has 1 aliphatic heterocycles. The van der Waals surface area contributed by atoms with Crippen LogP contribution in [-0.4, -0.2) is 66.1 Å². The molecule has 1 aliphatic rings. The summed E-state index contributed by atoms with van der Waals surface area (Å²) in [6.07, 6.45) is 1.62. The van der Waals surface area contributed by atoms with Crippen LogP contribution < -0.4 is 14.4 Å². The average Bonchev–Trinajstić information content (AvgIpc) is 3.68. The van der Waals surface area contributed by atoms with Gasteiger partial charge in [0.05, 0.1) is 59.0 Å². The highest BCUT2D eigenvalue weighted by atomic mass is 16.5. The second-order valence-corrected chi connectivity index (χ2v) is 11.0. The fourth-order valence-electron chi connectivity index (χ4n) is 5.69. The number of carbonyl (C=O) groups excluding carboxylic acids is 1. The third-order valence-electron chi connectivity index (χ3n) is 7.93. The predicted octanol–water partition coefficient (Wildman–Crippen LogP) is 5.39. The summed E-state index contributed by atoms with van der Waals surface area (Å²) in [5.41, 5.74) is 5.35. The van der Waals surface area contributed by atoms with Crippen molar-refractivity contribution in [2.45, 2.75) is 33.5 Å². The van der Waals surface area contributed by atoms with Crippen molar-refractivity contribution in [1.29, 1.82) is 0 Å². The zero-order chi connectivity index (χ0) is 30.6. The smallest absolute Gasteiger partial charge is 0.254 e. The topological polar surface area (TPSA) is 95.1 Å². The SMILES string of the molecule is COc1ccc(OC)c2nc(N3CCOCC3)c(CN(Cc3ccco3)C(=O)c3ccc(Cn4nc(C)cc4C)cc3)cc12. The predicted molar refractivity (Wildman–Crippen MR) is 167 cm³/mol. The summed E-state index contributed by atoms with van der Waals surface area (Å²) in [7, 11) is 3.28. The van der Waals surface area contributed by atoms with Crippen molar-refractivity contribution in [3.05, 3.63) is 101 Å². The van der Waals surface area contributed by atoms with Crippen LogP contribution in [-0.2, 0) is 24.4 Å². The Bertz CT molecular complexity index is 1740. The molecule has 5 aromatic rings. The highest BCUT2D eigenvalue weighted by Gasteiger charge is 2.25. The highest BCUT2D eigenvalue weighted by Crippen LogP contribution is 2.36. The lowest BCUT2D eigenvalue weighted by atomic mass is 10.1. The first kappa shape index (κ1) is 29.3. The number of fused-ring (bicyclic) bond motifs is 1. The van der Waals surface area contributed by atoms with Crippen LogP contribution in [0.25, 0.3) is 10.9 Å². The van der Waals surface area contributed by atoms with E-state index in [1.807, 2.05) is 67.1 Å². The van der Waals surface area contributed by atoms with Crippen molar-refractivity contribution in [3.8, 4) is 11.5 Å². The molecule has 10 heteroatoms. The van der Waals surface area contributed by atoms with Crippen LogP contribution in [0, 0.1) is 13.8 Å². The van der Waals surface area contributed by atoms with E-state index >= 15 is 0 Å². The van der Waals surface area contributed by atoms with Crippen molar-refractivity contribution in [1.82, 2.24) is 19.7 Å². The van der Waals surface area contributed by atoms with E-state index in [4.69, 9.17) is 23.6 Å². The third kappa shape index (κ3) is 6.12. The molecule has 1 amide bonds. The van der Waals surface area contributed by atoms with Gasteiger partial charge in [0, 0.05) is 35.3 Å². The van der Waals surface area contributed by atoms with Crippen molar-refractivity contribution < 1.29 is 23.4 Å². The number of methoxy groups -OCH3 is 2. The van der Waals surface area contributed by atoms with Crippen molar-refractivity contribution in [2.24, 2.45) is 0 Å². The van der Waals surface area contributed by atoms with Crippen LogP contribution in [0.1, 0.15) is 38.6 Å². The normalized spacial score (nSPS) is 13.3. The maximum Gasteiger partial charge on any atom is 0.254 e. The molecule has 2 aromatic carbocycles. The number of morpholine rings is 1. The van der Waals surface area contributed by atoms with Crippen LogP contribution in [0.2, 0.25) is 0 Å². The Kier molecular flexibility index (Phi) is 8.51. The summed E-state index contributed by atoms with van der Waals surface area (Å²) in [6.45, 7) is 7.88. The van der Waals surface area contributed by atoms with Gasteiger partial charge in [-0.25, -0.2) is 4.98 Å². The van der Waals surface area contributed by atoms with E-state index in [1.54, 1.807) is 25.4 Å². The van der Waals surface area contributed by atoms with Gasteiger partial charge in [-0.1, -0.05) is 12.1 Å². The fraction of sp³-hybridized carbons (Fsp3) is 0.324. The zero-order valence-corrected chi connectivity index (χ0v) is 25.6. The maximum absolute atomic E-state index is 14.1. The van der Waals surface area contributed by atoms with Crippen molar-refractivity contribution in [3.63, 3.8) is 0 Å². The molecule has 0 saturated carbocycles. The summed E-state index contributed by atoms with van der Waals surface area (Å²) in [4.78, 5) is 23.3. The fourth-order valence-corrected chi connectivity index (χ4v) is 5.69. The van der Waals surface area contributed by atoms with Gasteiger partial charge in [0.25, 0.3) is 5.91 Å². The Labute approximate surface area is 256 Å². The first-order valence-corrected chi connectivity index (χ1v) is 14.7. The molecule has 44 heavy (non-hydrogen) atoms. The minimum absolute atomic E-state index is 0.107. The first-order valence-electron chi connectivity index (χ1n) is 14.7. The Morgan fingerprint density at radius 1 is 0.955 bits per heavy atom. The number of anilines is 1. The Morgan fingerprint density at radius 2 is 1.70 bits per heavy atom. The summed E-state index contributed by atoms with van der Waals surface area (Å²) in [6, 6.07) is 19.3. The molecule has 0 spiro atoms. The highest BCUT2D eigenvalue weighted by molar-refractivity contribution is 5.95. The summed E-state index contributed by atoms with van der Waals surface area (Å²) < 4.78 is 24.7. The molecule has 6 rings (SSSR count). The molecule has 3 aromatic heterocycles. The van der Waals surface area contributed by atoms with Crippen molar-refractivity contribution in [2.75, 3.05) is 45.4 Å². The second-order valence-electron chi connectivity index (χ2n) is 11.0. The van der Waals surface area contributed by atoms with Gasteiger partial charge in [0.2, 0.25) is 0 Å². The molecule has 1 saturated heterocycles. The lowest BCUT2D eigenvalue weighted by Gasteiger charge is -2.31. The Hall–Kier alpha value is -4.83. The van der Waals surface area contributed by atoms with E-state index in [1.165, 1.54) is 0 Å². The van der Waals surface area contributed by atoms with E-state index in [0.717, 1.165) is 33.7 Å². The minimum Gasteiger partial charge on any atom is -0.496 e. The molecule has 1 fully saturated rings. The zero-order valence-electron chi connectivity index (χ0n) is 25.6. The van der Waals surface area contributed by atoms with E-state index in [9.17, 15) is 4.79 Å². The molecular formula is C34H37N5O5. The van der Waals surface area contributed by atoms with Crippen LogP contribution in [0.15, 0.2) is 71.3 Å². The average molecular weight is 596 g/mol. The number of ether oxygens (including phenoxy) is 3. The van der Waals surface area contributed by atoms with Gasteiger partial charge in [-0.2, -0.15) is 5.10 Å². The van der Waals surface area contributed by atoms with Crippen LogP contribution in [0.4, 0.5) is 5.82 Å². The molecule has 0 radical (unpaired) electrons. The standard InChI is InChI=1S/C34H37N5O5/c1-23-18-24(2)39(36-23)20-25-7-9-26(10-8-25)34(40)38(22-28-6-5-15-44-28)21-27-19-29-30(41-3)11-12-31(42-4)32(29)35-33(27)37-13-16-43-17-14-37/h5-12,15,18-19H,13-14,16-17,20-22H2,1-4H3. The van der Waals surface area contributed by atoms with Gasteiger partial charge >= 0.3 is 0 Å². The largest absolute Gasteiger partial charge is 0.496 e. The number of aryl methyl sites for hydroxylation is 2. The number of aromatic nitrogens is 3. The number of amides is 1. The molecule has 4 heterocycles. The molecular weight excluding hydrogens is 558 g/mol. The molecule has 0 unspecified atom stereocenters. The first-order chi connectivity index (χ1) is 21.4. The summed E-state index contributed by atoms with van der Waals surface area (Å²) in [5, 5.41) is 5.39. The molecule has 0 aliphatic carbocycles. The second kappa shape index (κ2) is 12.8. The van der Waals surface area contributed by atoms with Gasteiger partial charge in [-0.05, 0) is 67.9 Å². The third-order valence-corrected chi connectivity index (χ3v) is 7.93. The lowest BCUT2D eigenvalue weighted by Crippen LogP contribution is -2.38. The van der Waals surface area contributed by atoms with Gasteiger partial charge in [-0.3, -0.25) is 9.48 Å². The lowest BCUT2D eigenvalue weighted by molar-refractivity contribution is 0.0717. The summed E-state index contributed by atoms with van der Waals surface area (Å²) >= 11 is 0. The van der Waals surface area contributed by atoms with E-state index in [-0.39, 0.29) is 5.91 Å². The number of pyridine rings is 1. The molecule has 228 valence electrons. The van der Waals surface area contributed by atoms with Gasteiger partial charge in [-0.15, -0.1) is 0 Å². The van der Waals surface area contributed by atoms with Gasteiger partial charge in [0.1, 0.15) is 28.6 Å². The van der Waals surface area contributed by atoms with E-state index < -0.39 is 0 Å². The number of nitrogens with zero attached hydrogens (tertiary/aromatic N) is 5. The number of benzene rings is 2. The minimum atomic E-state index is -0.107. The monoisotopic (exact) mass is 595 g/mol. The summed E-state index contributed by atoms with van der Waals surface area (Å²) in [5.74, 6) is 2.73. The number of rotatable bonds is 10. The van der Waals surface area contributed by atoms with Crippen LogP contribution >= 0.6 is 0 Å². The Balaban J connectivity index is 1.36. The number of carbonyl (C=O) groups is 1. The van der Waals surface area contributed by atoms with Crippen LogP contribution in [0.3, 0.4) is 0 Å². The molecule has 10 nitrogen and oxygen atoms in total. The van der Waals surface area contributed by atoms with E-state index in [2.05, 4.69) is 22.1 Å². The maximum atomic E-state index is 14.1. The van der Waals surface area contributed by atoms with E-state index in [0.29, 0.717) is 74.3 Å². The van der Waals surface area contributed by atoms with Crippen molar-refractivity contribution >= 4 is 22.6 Å². The molecule has 0 bridgehead atoms. The number of furan rings is 1. The number of hydrogen-bond acceptors (Lipinski definition) is 8. The quantitative estimate of drug-likeness (QED) is 0.212. The Morgan fingerprint density at radius 3 is 2.36 bits per heavy atom. The molecule has 0 N–H and O–H groups in total. The van der Waals surface area contributed by atoms with Gasteiger partial charge in [0.15, 0.2) is 0 Å².